The van der Waals surface area contributed by atoms with Crippen LogP contribution < -0.4 is 10.6 Å². The smallest absolute Gasteiger partial charge is 0.126 e. The molecule has 17 heavy (non-hydrogen) atoms. The van der Waals surface area contributed by atoms with Crippen molar-refractivity contribution in [2.24, 2.45) is 0 Å². The number of nitrogens with one attached hydrogen (secondary N) is 2. The molecule has 1 aliphatic rings. The molecule has 0 aromatic heterocycles. The fraction of sp³-hybridized carbons (Fsp3) is 0.571. The van der Waals surface area contributed by atoms with Crippen molar-refractivity contribution in [3.05, 3.63) is 35.1 Å². The molecule has 1 saturated carbocycles. The van der Waals surface area contributed by atoms with Crippen LogP contribution in [-0.2, 0) is 6.54 Å². The van der Waals surface area contributed by atoms with Gasteiger partial charge < -0.3 is 10.6 Å². The van der Waals surface area contributed by atoms with Crippen molar-refractivity contribution in [1.29, 1.82) is 0 Å². The summed E-state index contributed by atoms with van der Waals surface area (Å²) in [5.41, 5.74) is 1.86. The monoisotopic (exact) mass is 236 g/mol. The number of aryl methyl sites for hydroxylation is 1. The Balaban J connectivity index is 1.73. The number of hydrogen-bond acceptors (Lipinski definition) is 2. The van der Waals surface area contributed by atoms with Crippen LogP contribution in [0.4, 0.5) is 4.39 Å². The standard InChI is InChI=1S/C14H21FN2/c1-10-7-12(3-6-14(10)15)9-16-11(2)8-17-13-4-5-13/h3,6-7,11,13,16-17H,4-5,8-9H2,1-2H3. The molecule has 0 saturated heterocycles. The molecule has 1 atom stereocenters. The Morgan fingerprint density at radius 2 is 2.18 bits per heavy atom. The van der Waals surface area contributed by atoms with Crippen molar-refractivity contribution in [2.75, 3.05) is 6.54 Å². The zero-order valence-electron chi connectivity index (χ0n) is 10.6. The van der Waals surface area contributed by atoms with Crippen LogP contribution in [0.2, 0.25) is 0 Å². The molecule has 1 aliphatic carbocycles. The van der Waals surface area contributed by atoms with Gasteiger partial charge in [0, 0.05) is 25.2 Å². The van der Waals surface area contributed by atoms with Gasteiger partial charge in [-0.25, -0.2) is 4.39 Å². The van der Waals surface area contributed by atoms with Gasteiger partial charge in [0.1, 0.15) is 5.82 Å². The first-order valence-corrected chi connectivity index (χ1v) is 6.37. The summed E-state index contributed by atoms with van der Waals surface area (Å²) in [6, 6.07) is 6.49. The van der Waals surface area contributed by atoms with Crippen LogP contribution in [0.5, 0.6) is 0 Å². The molecule has 1 fully saturated rings. The van der Waals surface area contributed by atoms with E-state index in [2.05, 4.69) is 17.6 Å². The summed E-state index contributed by atoms with van der Waals surface area (Å²) in [5, 5.41) is 6.93. The van der Waals surface area contributed by atoms with Crippen LogP contribution in [-0.4, -0.2) is 18.6 Å². The Labute approximate surface area is 103 Å². The molecule has 0 spiro atoms. The van der Waals surface area contributed by atoms with Gasteiger partial charge >= 0.3 is 0 Å². The highest BCUT2D eigenvalue weighted by molar-refractivity contribution is 5.23. The van der Waals surface area contributed by atoms with Gasteiger partial charge in [0.15, 0.2) is 0 Å². The minimum atomic E-state index is -0.128. The Hall–Kier alpha value is -0.930. The average Bonchev–Trinajstić information content (AvgIpc) is 3.12. The largest absolute Gasteiger partial charge is 0.312 e. The molecule has 2 rings (SSSR count). The summed E-state index contributed by atoms with van der Waals surface area (Å²) in [7, 11) is 0. The van der Waals surface area contributed by atoms with E-state index in [1.807, 2.05) is 12.1 Å². The van der Waals surface area contributed by atoms with E-state index in [0.29, 0.717) is 11.6 Å². The van der Waals surface area contributed by atoms with E-state index >= 15 is 0 Å². The van der Waals surface area contributed by atoms with Gasteiger partial charge in [-0.1, -0.05) is 12.1 Å². The second kappa shape index (κ2) is 5.61. The van der Waals surface area contributed by atoms with Crippen LogP contribution in [0.3, 0.4) is 0 Å². The van der Waals surface area contributed by atoms with Gasteiger partial charge in [-0.2, -0.15) is 0 Å². The lowest BCUT2D eigenvalue weighted by atomic mass is 10.1. The minimum absolute atomic E-state index is 0.128. The van der Waals surface area contributed by atoms with Crippen LogP contribution in [0, 0.1) is 12.7 Å². The number of halogens is 1. The lowest BCUT2D eigenvalue weighted by Crippen LogP contribution is -2.36. The topological polar surface area (TPSA) is 24.1 Å². The third kappa shape index (κ3) is 4.10. The van der Waals surface area contributed by atoms with Crippen molar-refractivity contribution in [2.45, 2.75) is 45.3 Å². The van der Waals surface area contributed by atoms with E-state index in [1.54, 1.807) is 13.0 Å². The Morgan fingerprint density at radius 3 is 2.82 bits per heavy atom. The van der Waals surface area contributed by atoms with Crippen molar-refractivity contribution in [3.8, 4) is 0 Å². The molecule has 1 aromatic rings. The molecule has 0 heterocycles. The number of hydrogen-bond donors (Lipinski definition) is 2. The van der Waals surface area contributed by atoms with Gasteiger partial charge in [-0.05, 0) is 43.9 Å². The molecule has 3 heteroatoms. The third-order valence-electron chi connectivity index (χ3n) is 3.17. The third-order valence-corrected chi connectivity index (χ3v) is 3.17. The van der Waals surface area contributed by atoms with E-state index < -0.39 is 0 Å². The second-order valence-corrected chi connectivity index (χ2v) is 5.05. The van der Waals surface area contributed by atoms with Crippen LogP contribution in [0.15, 0.2) is 18.2 Å². The first-order valence-electron chi connectivity index (χ1n) is 6.37. The lowest BCUT2D eigenvalue weighted by Gasteiger charge is -2.14. The molecular weight excluding hydrogens is 215 g/mol. The van der Waals surface area contributed by atoms with Gasteiger partial charge in [0.2, 0.25) is 0 Å². The summed E-state index contributed by atoms with van der Waals surface area (Å²) in [4.78, 5) is 0. The van der Waals surface area contributed by atoms with E-state index in [9.17, 15) is 4.39 Å². The number of benzene rings is 1. The summed E-state index contributed by atoms with van der Waals surface area (Å²) in [6.45, 7) is 5.78. The second-order valence-electron chi connectivity index (χ2n) is 5.05. The van der Waals surface area contributed by atoms with E-state index in [4.69, 9.17) is 0 Å². The Morgan fingerprint density at radius 1 is 1.41 bits per heavy atom. The zero-order valence-corrected chi connectivity index (χ0v) is 10.6. The average molecular weight is 236 g/mol. The first kappa shape index (κ1) is 12.5. The predicted molar refractivity (Wildman–Crippen MR) is 68.5 cm³/mol. The van der Waals surface area contributed by atoms with Gasteiger partial charge in [-0.15, -0.1) is 0 Å². The quantitative estimate of drug-likeness (QED) is 0.792. The summed E-state index contributed by atoms with van der Waals surface area (Å²) in [5.74, 6) is -0.128. The molecule has 2 N–H and O–H groups in total. The Bertz CT molecular complexity index is 374. The molecule has 1 aromatic carbocycles. The SMILES string of the molecule is Cc1cc(CNC(C)CNC2CC2)ccc1F. The molecule has 94 valence electrons. The lowest BCUT2D eigenvalue weighted by molar-refractivity contribution is 0.499. The highest BCUT2D eigenvalue weighted by Gasteiger charge is 2.20. The molecule has 0 bridgehead atoms. The first-order chi connectivity index (χ1) is 8.15. The van der Waals surface area contributed by atoms with E-state index in [1.165, 1.54) is 12.8 Å². The molecule has 0 radical (unpaired) electrons. The van der Waals surface area contributed by atoms with Gasteiger partial charge in [0.05, 0.1) is 0 Å². The highest BCUT2D eigenvalue weighted by Crippen LogP contribution is 2.18. The van der Waals surface area contributed by atoms with Crippen molar-refractivity contribution in [1.82, 2.24) is 10.6 Å². The molecule has 0 amide bonds. The minimum Gasteiger partial charge on any atom is -0.312 e. The Kier molecular flexibility index (Phi) is 4.13. The molecular formula is C14H21FN2. The van der Waals surface area contributed by atoms with E-state index in [0.717, 1.165) is 24.7 Å². The zero-order chi connectivity index (χ0) is 12.3. The summed E-state index contributed by atoms with van der Waals surface area (Å²) in [6.07, 6.45) is 2.65. The maximum Gasteiger partial charge on any atom is 0.126 e. The fourth-order valence-electron chi connectivity index (χ4n) is 1.81. The summed E-state index contributed by atoms with van der Waals surface area (Å²) >= 11 is 0. The number of rotatable bonds is 6. The van der Waals surface area contributed by atoms with Crippen LogP contribution >= 0.6 is 0 Å². The van der Waals surface area contributed by atoms with E-state index in [-0.39, 0.29) is 5.82 Å². The molecule has 0 aliphatic heterocycles. The van der Waals surface area contributed by atoms with Crippen LogP contribution in [0.1, 0.15) is 30.9 Å². The van der Waals surface area contributed by atoms with Gasteiger partial charge in [0.25, 0.3) is 0 Å². The van der Waals surface area contributed by atoms with Gasteiger partial charge in [-0.3, -0.25) is 0 Å². The molecule has 2 nitrogen and oxygen atoms in total. The predicted octanol–water partition coefficient (Wildman–Crippen LogP) is 2.36. The fourth-order valence-corrected chi connectivity index (χ4v) is 1.81. The summed E-state index contributed by atoms with van der Waals surface area (Å²) < 4.78 is 13.1. The highest BCUT2D eigenvalue weighted by atomic mass is 19.1. The van der Waals surface area contributed by atoms with Crippen molar-refractivity contribution in [3.63, 3.8) is 0 Å². The maximum absolute atomic E-state index is 13.1. The molecule has 1 unspecified atom stereocenters. The van der Waals surface area contributed by atoms with Crippen molar-refractivity contribution >= 4 is 0 Å². The maximum atomic E-state index is 13.1. The van der Waals surface area contributed by atoms with Crippen LogP contribution in [0.25, 0.3) is 0 Å². The van der Waals surface area contributed by atoms with Crippen molar-refractivity contribution < 1.29 is 4.39 Å². The normalized spacial score (nSPS) is 17.1.